The second-order valence-electron chi connectivity index (χ2n) is 3.18. The van der Waals surface area contributed by atoms with E-state index in [2.05, 4.69) is 0 Å². The Balaban J connectivity index is 3.17. The van der Waals surface area contributed by atoms with Crippen molar-refractivity contribution in [3.8, 4) is 0 Å². The molecule has 0 bridgehead atoms. The molecule has 7 heteroatoms. The maximum absolute atomic E-state index is 10.7. The van der Waals surface area contributed by atoms with Crippen LogP contribution < -0.4 is 11.5 Å². The van der Waals surface area contributed by atoms with E-state index in [1.807, 2.05) is 0 Å². The van der Waals surface area contributed by atoms with Gasteiger partial charge in [-0.3, -0.25) is 4.79 Å². The van der Waals surface area contributed by atoms with E-state index in [4.69, 9.17) is 34.7 Å². The fourth-order valence-electron chi connectivity index (χ4n) is 1.18. The van der Waals surface area contributed by atoms with Gasteiger partial charge >= 0.3 is 0 Å². The van der Waals surface area contributed by atoms with E-state index in [0.29, 0.717) is 0 Å². The Morgan fingerprint density at radius 2 is 1.88 bits per heavy atom. The number of hydrogen-bond donors (Lipinski definition) is 4. The summed E-state index contributed by atoms with van der Waals surface area (Å²) in [5, 5.41) is 19.3. The van der Waals surface area contributed by atoms with Gasteiger partial charge in [0, 0.05) is 10.6 Å². The summed E-state index contributed by atoms with van der Waals surface area (Å²) in [4.78, 5) is 10.7. The lowest BCUT2D eigenvalue weighted by Crippen LogP contribution is -2.34. The van der Waals surface area contributed by atoms with Crippen molar-refractivity contribution in [1.82, 2.24) is 0 Å². The first-order valence-corrected chi connectivity index (χ1v) is 5.00. The second-order valence-corrected chi connectivity index (χ2v) is 4.03. The third-order valence-corrected chi connectivity index (χ3v) is 2.57. The number of carbonyl (C=O) groups excluding carboxylic acids is 1. The lowest BCUT2D eigenvalue weighted by Gasteiger charge is -2.18. The molecule has 1 rings (SSSR count). The van der Waals surface area contributed by atoms with E-state index in [1.165, 1.54) is 12.1 Å². The number of carbonyl (C=O) groups is 1. The zero-order chi connectivity index (χ0) is 12.5. The number of benzene rings is 1. The number of anilines is 1. The van der Waals surface area contributed by atoms with Crippen molar-refractivity contribution in [1.29, 1.82) is 0 Å². The molecule has 5 nitrogen and oxygen atoms in total. The molecular formula is C9H10Cl2N2O3. The Morgan fingerprint density at radius 1 is 1.31 bits per heavy atom. The minimum Gasteiger partial charge on any atom is -0.397 e. The average molecular weight is 265 g/mol. The summed E-state index contributed by atoms with van der Waals surface area (Å²) in [6.45, 7) is 0. The normalized spacial score (nSPS) is 14.5. The van der Waals surface area contributed by atoms with Crippen LogP contribution in [0, 0.1) is 0 Å². The highest BCUT2D eigenvalue weighted by Crippen LogP contribution is 2.32. The van der Waals surface area contributed by atoms with Crippen molar-refractivity contribution >= 4 is 34.8 Å². The molecule has 0 saturated heterocycles. The van der Waals surface area contributed by atoms with E-state index in [9.17, 15) is 15.0 Å². The lowest BCUT2D eigenvalue weighted by molar-refractivity contribution is -0.131. The minimum atomic E-state index is -1.77. The predicted octanol–water partition coefficient (Wildman–Crippen LogP) is 0.455. The number of aliphatic hydroxyl groups excluding tert-OH is 2. The van der Waals surface area contributed by atoms with Crippen LogP contribution in [-0.2, 0) is 4.79 Å². The van der Waals surface area contributed by atoms with Gasteiger partial charge in [-0.2, -0.15) is 0 Å². The van der Waals surface area contributed by atoms with E-state index in [1.54, 1.807) is 0 Å². The quantitative estimate of drug-likeness (QED) is 0.595. The van der Waals surface area contributed by atoms with Gasteiger partial charge in [-0.1, -0.05) is 23.2 Å². The molecule has 2 unspecified atom stereocenters. The number of nitrogens with two attached hydrogens (primary N) is 2. The Kier molecular flexibility index (Phi) is 3.98. The molecule has 2 atom stereocenters. The second kappa shape index (κ2) is 4.88. The first kappa shape index (κ1) is 13.1. The summed E-state index contributed by atoms with van der Waals surface area (Å²) >= 11 is 11.4. The third-order valence-electron chi connectivity index (χ3n) is 2.04. The lowest BCUT2D eigenvalue weighted by atomic mass is 10.0. The third kappa shape index (κ3) is 2.56. The van der Waals surface area contributed by atoms with Crippen LogP contribution >= 0.6 is 23.2 Å². The number of halogens is 2. The highest BCUT2D eigenvalue weighted by atomic mass is 35.5. The summed E-state index contributed by atoms with van der Waals surface area (Å²) in [5.41, 5.74) is 10.5. The monoisotopic (exact) mass is 264 g/mol. The molecule has 1 aromatic rings. The molecule has 1 aromatic carbocycles. The van der Waals surface area contributed by atoms with Gasteiger partial charge in [0.15, 0.2) is 6.10 Å². The number of hydrogen-bond acceptors (Lipinski definition) is 4. The first-order valence-electron chi connectivity index (χ1n) is 4.24. The molecule has 88 valence electrons. The summed E-state index contributed by atoms with van der Waals surface area (Å²) < 4.78 is 0. The molecule has 0 aliphatic heterocycles. The van der Waals surface area contributed by atoms with Crippen molar-refractivity contribution in [2.75, 3.05) is 5.73 Å². The van der Waals surface area contributed by atoms with Gasteiger partial charge in [-0.05, 0) is 12.1 Å². The smallest absolute Gasteiger partial charge is 0.249 e. The summed E-state index contributed by atoms with van der Waals surface area (Å²) in [5.74, 6) is -1.07. The van der Waals surface area contributed by atoms with Crippen molar-refractivity contribution in [2.24, 2.45) is 5.73 Å². The van der Waals surface area contributed by atoms with Crippen LogP contribution in [0.4, 0.5) is 5.69 Å². The summed E-state index contributed by atoms with van der Waals surface area (Å²) in [7, 11) is 0. The standard InChI is InChI=1S/C9H10Cl2N2O3/c10-3-1-4(6(12)5(11)2-3)7(14)8(15)9(13)16/h1-2,7-8,14-15H,12H2,(H2,13,16). The molecular weight excluding hydrogens is 255 g/mol. The van der Waals surface area contributed by atoms with E-state index < -0.39 is 18.1 Å². The van der Waals surface area contributed by atoms with Crippen LogP contribution in [-0.4, -0.2) is 22.2 Å². The highest BCUT2D eigenvalue weighted by Gasteiger charge is 2.26. The Labute approximate surface area is 102 Å². The van der Waals surface area contributed by atoms with Gasteiger partial charge in [0.1, 0.15) is 6.10 Å². The largest absolute Gasteiger partial charge is 0.397 e. The first-order chi connectivity index (χ1) is 7.34. The van der Waals surface area contributed by atoms with Crippen LogP contribution in [0.25, 0.3) is 0 Å². The van der Waals surface area contributed by atoms with Crippen LogP contribution in [0.3, 0.4) is 0 Å². The summed E-state index contributed by atoms with van der Waals surface area (Å²) in [6.07, 6.45) is -3.33. The van der Waals surface area contributed by atoms with Crippen LogP contribution in [0.2, 0.25) is 10.0 Å². The molecule has 0 aliphatic rings. The number of nitrogen functional groups attached to an aromatic ring is 1. The number of aliphatic hydroxyl groups is 2. The maximum Gasteiger partial charge on any atom is 0.249 e. The SMILES string of the molecule is NC(=O)C(O)C(O)c1cc(Cl)cc(Cl)c1N. The molecule has 0 aromatic heterocycles. The fourth-order valence-corrected chi connectivity index (χ4v) is 1.68. The highest BCUT2D eigenvalue weighted by molar-refractivity contribution is 6.36. The molecule has 6 N–H and O–H groups in total. The number of amides is 1. The minimum absolute atomic E-state index is 0.0406. The zero-order valence-corrected chi connectivity index (χ0v) is 9.53. The Bertz CT molecular complexity index is 425. The maximum atomic E-state index is 10.7. The van der Waals surface area contributed by atoms with Crippen molar-refractivity contribution in [3.63, 3.8) is 0 Å². The topological polar surface area (TPSA) is 110 Å². The molecule has 1 amide bonds. The van der Waals surface area contributed by atoms with Crippen molar-refractivity contribution < 1.29 is 15.0 Å². The zero-order valence-electron chi connectivity index (χ0n) is 8.02. The number of primary amides is 1. The van der Waals surface area contributed by atoms with Crippen molar-refractivity contribution in [2.45, 2.75) is 12.2 Å². The van der Waals surface area contributed by atoms with Gasteiger partial charge in [0.25, 0.3) is 0 Å². The average Bonchev–Trinajstić information content (AvgIpc) is 2.21. The molecule has 0 aliphatic carbocycles. The van der Waals surface area contributed by atoms with Crippen LogP contribution in [0.5, 0.6) is 0 Å². The number of rotatable bonds is 3. The van der Waals surface area contributed by atoms with Gasteiger partial charge in [0.05, 0.1) is 10.7 Å². The van der Waals surface area contributed by atoms with Gasteiger partial charge in [0.2, 0.25) is 5.91 Å². The van der Waals surface area contributed by atoms with E-state index in [0.717, 1.165) is 0 Å². The fraction of sp³-hybridized carbons (Fsp3) is 0.222. The molecule has 0 fully saturated rings. The van der Waals surface area contributed by atoms with Crippen molar-refractivity contribution in [3.05, 3.63) is 27.7 Å². The van der Waals surface area contributed by atoms with Crippen LogP contribution in [0.1, 0.15) is 11.7 Å². The molecule has 0 saturated carbocycles. The Morgan fingerprint density at radius 3 is 2.38 bits per heavy atom. The molecule has 0 heterocycles. The summed E-state index contributed by atoms with van der Waals surface area (Å²) in [6, 6.07) is 2.69. The molecule has 16 heavy (non-hydrogen) atoms. The molecule has 0 spiro atoms. The molecule has 0 radical (unpaired) electrons. The van der Waals surface area contributed by atoms with Gasteiger partial charge in [-0.15, -0.1) is 0 Å². The Hall–Kier alpha value is -1.01. The van der Waals surface area contributed by atoms with Crippen LogP contribution in [0.15, 0.2) is 12.1 Å². The predicted molar refractivity (Wildman–Crippen MR) is 61.0 cm³/mol. The van der Waals surface area contributed by atoms with E-state index >= 15 is 0 Å². The van der Waals surface area contributed by atoms with E-state index in [-0.39, 0.29) is 21.3 Å². The van der Waals surface area contributed by atoms with Gasteiger partial charge in [-0.25, -0.2) is 0 Å². The van der Waals surface area contributed by atoms with Gasteiger partial charge < -0.3 is 21.7 Å².